The molecule has 21 heavy (non-hydrogen) atoms. The fourth-order valence-electron chi connectivity index (χ4n) is 1.81. The van der Waals surface area contributed by atoms with Gasteiger partial charge in [0.1, 0.15) is 5.82 Å². The highest BCUT2D eigenvalue weighted by molar-refractivity contribution is 5.92. The van der Waals surface area contributed by atoms with Crippen LogP contribution in [0.2, 0.25) is 0 Å². The van der Waals surface area contributed by atoms with Crippen molar-refractivity contribution in [3.05, 3.63) is 30.1 Å². The Balaban J connectivity index is 2.42. The van der Waals surface area contributed by atoms with E-state index in [1.54, 1.807) is 0 Å². The monoisotopic (exact) mass is 297 g/mol. The number of hydrogen-bond acceptors (Lipinski definition) is 4. The molecular formula is C15H24FN3O2. The summed E-state index contributed by atoms with van der Waals surface area (Å²) in [6.07, 6.45) is 0. The average molecular weight is 297 g/mol. The summed E-state index contributed by atoms with van der Waals surface area (Å²) in [5.41, 5.74) is 5.94. The van der Waals surface area contributed by atoms with Gasteiger partial charge in [-0.2, -0.15) is 0 Å². The Morgan fingerprint density at radius 3 is 2.57 bits per heavy atom. The molecular weight excluding hydrogens is 273 g/mol. The number of benzene rings is 1. The van der Waals surface area contributed by atoms with Gasteiger partial charge in [0.05, 0.1) is 19.8 Å². The lowest BCUT2D eigenvalue weighted by Crippen LogP contribution is -2.40. The number of anilines is 1. The van der Waals surface area contributed by atoms with E-state index in [2.05, 4.69) is 5.32 Å². The summed E-state index contributed by atoms with van der Waals surface area (Å²) in [6.45, 7) is 6.53. The van der Waals surface area contributed by atoms with Crippen molar-refractivity contribution < 1.29 is 13.9 Å². The minimum Gasteiger partial charge on any atom is -0.379 e. The maximum Gasteiger partial charge on any atom is 0.238 e. The molecule has 6 heteroatoms. The van der Waals surface area contributed by atoms with Crippen molar-refractivity contribution in [1.82, 2.24) is 4.90 Å². The van der Waals surface area contributed by atoms with Crippen LogP contribution in [-0.4, -0.2) is 49.7 Å². The third-order valence-corrected chi connectivity index (χ3v) is 2.99. The lowest BCUT2D eigenvalue weighted by Gasteiger charge is -2.25. The molecule has 0 heterocycles. The van der Waals surface area contributed by atoms with Gasteiger partial charge in [0.2, 0.25) is 5.91 Å². The summed E-state index contributed by atoms with van der Waals surface area (Å²) >= 11 is 0. The Kier molecular flexibility index (Phi) is 7.89. The Morgan fingerprint density at radius 1 is 1.33 bits per heavy atom. The Hall–Kier alpha value is -1.50. The zero-order chi connectivity index (χ0) is 15.7. The minimum atomic E-state index is -0.325. The largest absolute Gasteiger partial charge is 0.379 e. The molecule has 118 valence electrons. The molecule has 0 unspecified atom stereocenters. The summed E-state index contributed by atoms with van der Waals surface area (Å²) in [7, 11) is 0. The maximum absolute atomic E-state index is 12.8. The van der Waals surface area contributed by atoms with Gasteiger partial charge >= 0.3 is 0 Å². The quantitative estimate of drug-likeness (QED) is 0.677. The fraction of sp³-hybridized carbons (Fsp3) is 0.533. The molecule has 0 aliphatic carbocycles. The second-order valence-electron chi connectivity index (χ2n) is 5.02. The molecule has 0 fully saturated rings. The molecule has 0 bridgehead atoms. The number of nitrogens with zero attached hydrogens (tertiary/aromatic N) is 1. The molecule has 1 aromatic carbocycles. The second kappa shape index (κ2) is 9.44. The van der Waals surface area contributed by atoms with Gasteiger partial charge in [-0.25, -0.2) is 4.39 Å². The third kappa shape index (κ3) is 7.17. The van der Waals surface area contributed by atoms with Crippen LogP contribution in [0.3, 0.4) is 0 Å². The number of rotatable bonds is 9. The van der Waals surface area contributed by atoms with Crippen molar-refractivity contribution in [1.29, 1.82) is 0 Å². The summed E-state index contributed by atoms with van der Waals surface area (Å²) in [5, 5.41) is 2.75. The fourth-order valence-corrected chi connectivity index (χ4v) is 1.81. The highest BCUT2D eigenvalue weighted by atomic mass is 19.1. The maximum atomic E-state index is 12.8. The molecule has 1 aromatic rings. The van der Waals surface area contributed by atoms with E-state index in [1.807, 2.05) is 18.7 Å². The zero-order valence-electron chi connectivity index (χ0n) is 12.6. The van der Waals surface area contributed by atoms with Gasteiger partial charge in [-0.05, 0) is 38.1 Å². The topological polar surface area (TPSA) is 67.6 Å². The first kappa shape index (κ1) is 17.6. The van der Waals surface area contributed by atoms with Gasteiger partial charge in [-0.3, -0.25) is 9.69 Å². The van der Waals surface area contributed by atoms with Crippen molar-refractivity contribution >= 4 is 11.6 Å². The number of ether oxygens (including phenoxy) is 1. The molecule has 0 atom stereocenters. The number of hydrogen-bond donors (Lipinski definition) is 2. The third-order valence-electron chi connectivity index (χ3n) is 2.99. The molecule has 0 saturated carbocycles. The van der Waals surface area contributed by atoms with Crippen LogP contribution in [0.5, 0.6) is 0 Å². The standard InChI is InChI=1S/C15H24FN3O2/c1-12(2)19(8-10-21-9-7-17)11-15(20)18-14-5-3-13(16)4-6-14/h3-6,12H,7-11,17H2,1-2H3,(H,18,20). The van der Waals surface area contributed by atoms with E-state index in [0.29, 0.717) is 32.0 Å². The normalized spacial score (nSPS) is 11.1. The van der Waals surface area contributed by atoms with Gasteiger partial charge in [-0.1, -0.05) is 0 Å². The first-order valence-electron chi connectivity index (χ1n) is 7.10. The Labute approximate surface area is 125 Å². The van der Waals surface area contributed by atoms with Crippen molar-refractivity contribution in [2.24, 2.45) is 5.73 Å². The van der Waals surface area contributed by atoms with E-state index in [-0.39, 0.29) is 24.3 Å². The minimum absolute atomic E-state index is 0.130. The van der Waals surface area contributed by atoms with Gasteiger partial charge in [0.15, 0.2) is 0 Å². The van der Waals surface area contributed by atoms with E-state index in [0.717, 1.165) is 0 Å². The second-order valence-corrected chi connectivity index (χ2v) is 5.02. The van der Waals surface area contributed by atoms with E-state index < -0.39 is 0 Å². The van der Waals surface area contributed by atoms with Gasteiger partial charge in [0.25, 0.3) is 0 Å². The molecule has 0 aromatic heterocycles. The highest BCUT2D eigenvalue weighted by Gasteiger charge is 2.14. The van der Waals surface area contributed by atoms with E-state index in [9.17, 15) is 9.18 Å². The van der Waals surface area contributed by atoms with Gasteiger partial charge in [0, 0.05) is 24.8 Å². The summed E-state index contributed by atoms with van der Waals surface area (Å²) in [4.78, 5) is 14.0. The summed E-state index contributed by atoms with van der Waals surface area (Å²) in [5.74, 6) is -0.456. The van der Waals surface area contributed by atoms with Crippen molar-refractivity contribution in [3.63, 3.8) is 0 Å². The summed E-state index contributed by atoms with van der Waals surface area (Å²) < 4.78 is 18.1. The number of carbonyl (C=O) groups excluding carboxylic acids is 1. The lowest BCUT2D eigenvalue weighted by atomic mass is 10.3. The number of nitrogens with two attached hydrogens (primary N) is 1. The van der Waals surface area contributed by atoms with E-state index in [4.69, 9.17) is 10.5 Å². The van der Waals surface area contributed by atoms with Crippen molar-refractivity contribution in [3.8, 4) is 0 Å². The van der Waals surface area contributed by atoms with Crippen LogP contribution < -0.4 is 11.1 Å². The smallest absolute Gasteiger partial charge is 0.238 e. The molecule has 0 aliphatic heterocycles. The SMILES string of the molecule is CC(C)N(CCOCCN)CC(=O)Nc1ccc(F)cc1. The lowest BCUT2D eigenvalue weighted by molar-refractivity contribution is -0.117. The first-order valence-corrected chi connectivity index (χ1v) is 7.10. The van der Waals surface area contributed by atoms with Crippen LogP contribution in [0.4, 0.5) is 10.1 Å². The molecule has 1 rings (SSSR count). The predicted molar refractivity (Wildman–Crippen MR) is 81.6 cm³/mol. The predicted octanol–water partition coefficient (Wildman–Crippen LogP) is 1.45. The molecule has 0 radical (unpaired) electrons. The Bertz CT molecular complexity index is 423. The van der Waals surface area contributed by atoms with Gasteiger partial charge < -0.3 is 15.8 Å². The molecule has 1 amide bonds. The van der Waals surface area contributed by atoms with Crippen LogP contribution in [-0.2, 0) is 9.53 Å². The first-order chi connectivity index (χ1) is 10.0. The average Bonchev–Trinajstić information content (AvgIpc) is 2.44. The van der Waals surface area contributed by atoms with E-state index >= 15 is 0 Å². The summed E-state index contributed by atoms with van der Waals surface area (Å²) in [6, 6.07) is 5.94. The van der Waals surface area contributed by atoms with Crippen LogP contribution in [0.25, 0.3) is 0 Å². The van der Waals surface area contributed by atoms with Gasteiger partial charge in [-0.15, -0.1) is 0 Å². The number of amides is 1. The molecule has 0 aliphatic rings. The number of carbonyl (C=O) groups is 1. The van der Waals surface area contributed by atoms with E-state index in [1.165, 1.54) is 24.3 Å². The number of halogens is 1. The van der Waals surface area contributed by atoms with Crippen LogP contribution in [0, 0.1) is 5.82 Å². The highest BCUT2D eigenvalue weighted by Crippen LogP contribution is 2.08. The molecule has 0 saturated heterocycles. The molecule has 5 nitrogen and oxygen atoms in total. The van der Waals surface area contributed by atoms with Crippen molar-refractivity contribution in [2.75, 3.05) is 38.2 Å². The van der Waals surface area contributed by atoms with Crippen LogP contribution in [0.15, 0.2) is 24.3 Å². The molecule has 3 N–H and O–H groups in total. The molecule has 0 spiro atoms. The Morgan fingerprint density at radius 2 is 2.00 bits per heavy atom. The van der Waals surface area contributed by atoms with Crippen LogP contribution >= 0.6 is 0 Å². The van der Waals surface area contributed by atoms with Crippen molar-refractivity contribution in [2.45, 2.75) is 19.9 Å². The zero-order valence-corrected chi connectivity index (χ0v) is 12.6. The number of nitrogens with one attached hydrogen (secondary N) is 1. The van der Waals surface area contributed by atoms with Crippen LogP contribution in [0.1, 0.15) is 13.8 Å².